The molecule has 0 bridgehead atoms. The van der Waals surface area contributed by atoms with Gasteiger partial charge in [0.05, 0.1) is 11.6 Å². The minimum absolute atomic E-state index is 0.0608. The first-order chi connectivity index (χ1) is 10.3. The maximum absolute atomic E-state index is 12.0. The maximum Gasteiger partial charge on any atom is 0.339 e. The standard InChI is InChI=1S/C16H20N2O3S/c1-11(2)16(3,10-17)18-14(19)9-21-15(20)12-7-5-6-8-13(12)22-4/h5-8,11H,9H2,1-4H3,(H,18,19)/t16-/m0/s1. The van der Waals surface area contributed by atoms with E-state index in [1.807, 2.05) is 32.2 Å². The Kier molecular flexibility index (Phi) is 6.44. The summed E-state index contributed by atoms with van der Waals surface area (Å²) >= 11 is 1.43. The number of carbonyl (C=O) groups excluding carboxylic acids is 2. The van der Waals surface area contributed by atoms with Gasteiger partial charge in [-0.3, -0.25) is 4.79 Å². The molecule has 1 aromatic rings. The minimum Gasteiger partial charge on any atom is -0.452 e. The number of hydrogen-bond donors (Lipinski definition) is 1. The zero-order valence-corrected chi connectivity index (χ0v) is 14.0. The molecule has 1 aromatic carbocycles. The van der Waals surface area contributed by atoms with Gasteiger partial charge in [0.25, 0.3) is 5.91 Å². The van der Waals surface area contributed by atoms with Crippen molar-refractivity contribution in [3.8, 4) is 6.07 Å². The van der Waals surface area contributed by atoms with Gasteiger partial charge in [-0.15, -0.1) is 11.8 Å². The summed E-state index contributed by atoms with van der Waals surface area (Å²) in [6.07, 6.45) is 1.86. The lowest BCUT2D eigenvalue weighted by atomic mass is 9.90. The number of benzene rings is 1. The Morgan fingerprint density at radius 3 is 2.59 bits per heavy atom. The number of thioether (sulfide) groups is 1. The maximum atomic E-state index is 12.0. The zero-order valence-electron chi connectivity index (χ0n) is 13.2. The summed E-state index contributed by atoms with van der Waals surface area (Å²) in [5.74, 6) is -1.11. The molecule has 0 aromatic heterocycles. The van der Waals surface area contributed by atoms with Crippen LogP contribution < -0.4 is 5.32 Å². The van der Waals surface area contributed by atoms with Gasteiger partial charge in [-0.2, -0.15) is 5.26 Å². The van der Waals surface area contributed by atoms with Crippen molar-refractivity contribution >= 4 is 23.6 Å². The summed E-state index contributed by atoms with van der Waals surface area (Å²) in [6.45, 7) is 4.90. The normalized spacial score (nSPS) is 13.1. The molecule has 1 atom stereocenters. The second-order valence-electron chi connectivity index (χ2n) is 5.29. The highest BCUT2D eigenvalue weighted by atomic mass is 32.2. The van der Waals surface area contributed by atoms with Crippen molar-refractivity contribution in [3.05, 3.63) is 29.8 Å². The van der Waals surface area contributed by atoms with Gasteiger partial charge >= 0.3 is 5.97 Å². The number of carbonyl (C=O) groups is 2. The van der Waals surface area contributed by atoms with E-state index in [-0.39, 0.29) is 5.92 Å². The van der Waals surface area contributed by atoms with Gasteiger partial charge in [0.2, 0.25) is 0 Å². The van der Waals surface area contributed by atoms with Crippen molar-refractivity contribution in [2.45, 2.75) is 31.2 Å². The number of ether oxygens (including phenoxy) is 1. The molecule has 0 unspecified atom stereocenters. The molecule has 0 aliphatic carbocycles. The SMILES string of the molecule is CSc1ccccc1C(=O)OCC(=O)N[C@@](C)(C#N)C(C)C. The molecule has 0 aliphatic heterocycles. The van der Waals surface area contributed by atoms with E-state index in [9.17, 15) is 9.59 Å². The highest BCUT2D eigenvalue weighted by Crippen LogP contribution is 2.20. The average Bonchev–Trinajstić information content (AvgIpc) is 2.52. The number of nitrogens with zero attached hydrogens (tertiary/aromatic N) is 1. The predicted molar refractivity (Wildman–Crippen MR) is 85.5 cm³/mol. The minimum atomic E-state index is -0.985. The van der Waals surface area contributed by atoms with Gasteiger partial charge in [-0.05, 0) is 31.2 Å². The molecule has 0 aliphatic rings. The number of rotatable bonds is 6. The van der Waals surface area contributed by atoms with Crippen LogP contribution >= 0.6 is 11.8 Å². The van der Waals surface area contributed by atoms with E-state index in [4.69, 9.17) is 10.00 Å². The van der Waals surface area contributed by atoms with Crippen LogP contribution in [0.1, 0.15) is 31.1 Å². The van der Waals surface area contributed by atoms with Crippen LogP contribution in [0.15, 0.2) is 29.2 Å². The van der Waals surface area contributed by atoms with E-state index in [2.05, 4.69) is 11.4 Å². The third-order valence-corrected chi connectivity index (χ3v) is 4.24. The summed E-state index contributed by atoms with van der Waals surface area (Å²) in [6, 6.07) is 9.10. The molecule has 0 heterocycles. The number of hydrogen-bond acceptors (Lipinski definition) is 5. The molecular formula is C16H20N2O3S. The Labute approximate surface area is 135 Å². The smallest absolute Gasteiger partial charge is 0.339 e. The van der Waals surface area contributed by atoms with E-state index in [0.29, 0.717) is 5.56 Å². The zero-order chi connectivity index (χ0) is 16.8. The van der Waals surface area contributed by atoms with E-state index >= 15 is 0 Å². The van der Waals surface area contributed by atoms with Gasteiger partial charge < -0.3 is 10.1 Å². The molecule has 0 saturated heterocycles. The third-order valence-electron chi connectivity index (χ3n) is 3.45. The summed E-state index contributed by atoms with van der Waals surface area (Å²) in [5.41, 5.74) is -0.560. The highest BCUT2D eigenvalue weighted by molar-refractivity contribution is 7.98. The van der Waals surface area contributed by atoms with E-state index in [1.54, 1.807) is 19.1 Å². The molecule has 0 fully saturated rings. The van der Waals surface area contributed by atoms with Crippen molar-refractivity contribution in [2.24, 2.45) is 5.92 Å². The molecule has 0 saturated carbocycles. The first kappa shape index (κ1) is 18.1. The molecule has 1 N–H and O–H groups in total. The highest BCUT2D eigenvalue weighted by Gasteiger charge is 2.30. The van der Waals surface area contributed by atoms with Crippen LogP contribution in [-0.4, -0.2) is 30.3 Å². The number of amides is 1. The van der Waals surface area contributed by atoms with Gasteiger partial charge in [-0.25, -0.2) is 4.79 Å². The number of nitrogens with one attached hydrogen (secondary N) is 1. The molecule has 5 nitrogen and oxygen atoms in total. The van der Waals surface area contributed by atoms with Crippen LogP contribution in [0.3, 0.4) is 0 Å². The fraction of sp³-hybridized carbons (Fsp3) is 0.438. The lowest BCUT2D eigenvalue weighted by molar-refractivity contribution is -0.125. The van der Waals surface area contributed by atoms with Crippen LogP contribution in [-0.2, 0) is 9.53 Å². The summed E-state index contributed by atoms with van der Waals surface area (Å²) in [4.78, 5) is 24.7. The lowest BCUT2D eigenvalue weighted by Crippen LogP contribution is -2.50. The summed E-state index contributed by atoms with van der Waals surface area (Å²) in [7, 11) is 0. The molecule has 118 valence electrons. The van der Waals surface area contributed by atoms with Gasteiger partial charge in [-0.1, -0.05) is 26.0 Å². The van der Waals surface area contributed by atoms with Crippen LogP contribution in [0.25, 0.3) is 0 Å². The molecule has 22 heavy (non-hydrogen) atoms. The molecule has 1 amide bonds. The van der Waals surface area contributed by atoms with Gasteiger partial charge in [0.15, 0.2) is 6.61 Å². The van der Waals surface area contributed by atoms with Crippen molar-refractivity contribution in [2.75, 3.05) is 12.9 Å². The molecule has 0 radical (unpaired) electrons. The molecule has 0 spiro atoms. The Bertz CT molecular complexity index is 595. The van der Waals surface area contributed by atoms with Crippen molar-refractivity contribution in [1.29, 1.82) is 5.26 Å². The monoisotopic (exact) mass is 320 g/mol. The lowest BCUT2D eigenvalue weighted by Gasteiger charge is -2.27. The Morgan fingerprint density at radius 2 is 2.05 bits per heavy atom. The molecule has 1 rings (SSSR count). The molecular weight excluding hydrogens is 300 g/mol. The van der Waals surface area contributed by atoms with Crippen molar-refractivity contribution in [3.63, 3.8) is 0 Å². The van der Waals surface area contributed by atoms with Crippen LogP contribution in [0.4, 0.5) is 0 Å². The number of esters is 1. The average molecular weight is 320 g/mol. The topological polar surface area (TPSA) is 79.2 Å². The first-order valence-electron chi connectivity index (χ1n) is 6.86. The third kappa shape index (κ3) is 4.50. The fourth-order valence-electron chi connectivity index (χ4n) is 1.65. The van der Waals surface area contributed by atoms with Crippen LogP contribution in [0.5, 0.6) is 0 Å². The largest absolute Gasteiger partial charge is 0.452 e. The van der Waals surface area contributed by atoms with E-state index in [0.717, 1.165) is 4.90 Å². The van der Waals surface area contributed by atoms with Crippen molar-refractivity contribution < 1.29 is 14.3 Å². The van der Waals surface area contributed by atoms with Crippen molar-refractivity contribution in [1.82, 2.24) is 5.32 Å². The second-order valence-corrected chi connectivity index (χ2v) is 6.14. The van der Waals surface area contributed by atoms with E-state index in [1.165, 1.54) is 11.8 Å². The fourth-order valence-corrected chi connectivity index (χ4v) is 2.24. The Morgan fingerprint density at radius 1 is 1.41 bits per heavy atom. The van der Waals surface area contributed by atoms with Crippen LogP contribution in [0.2, 0.25) is 0 Å². The molecule has 6 heteroatoms. The summed E-state index contributed by atoms with van der Waals surface area (Å²) < 4.78 is 5.03. The quantitative estimate of drug-likeness (QED) is 0.644. The Hall–Kier alpha value is -2.00. The second kappa shape index (κ2) is 7.85. The first-order valence-corrected chi connectivity index (χ1v) is 8.09. The van der Waals surface area contributed by atoms with Crippen LogP contribution in [0, 0.1) is 17.2 Å². The van der Waals surface area contributed by atoms with E-state index < -0.39 is 24.0 Å². The summed E-state index contributed by atoms with van der Waals surface area (Å²) in [5, 5.41) is 11.7. The predicted octanol–water partition coefficient (Wildman–Crippen LogP) is 2.62. The van der Waals surface area contributed by atoms with Gasteiger partial charge in [0.1, 0.15) is 5.54 Å². The Balaban J connectivity index is 2.65. The number of nitriles is 1. The van der Waals surface area contributed by atoms with Gasteiger partial charge in [0, 0.05) is 4.90 Å².